The first kappa shape index (κ1) is 18.0. The number of rotatable bonds is 8. The first-order valence-electron chi connectivity index (χ1n) is 8.77. The van der Waals surface area contributed by atoms with Crippen LogP contribution in [0.25, 0.3) is 6.08 Å². The van der Waals surface area contributed by atoms with Gasteiger partial charge in [0.2, 0.25) is 12.7 Å². The molecular formula is C21H23NO4. The Hall–Kier alpha value is -2.79. The summed E-state index contributed by atoms with van der Waals surface area (Å²) in [6, 6.07) is 15.6. The molecule has 136 valence electrons. The van der Waals surface area contributed by atoms with E-state index < -0.39 is 0 Å². The quantitative estimate of drug-likeness (QED) is 0.716. The van der Waals surface area contributed by atoms with Crippen molar-refractivity contribution < 1.29 is 19.4 Å². The highest BCUT2D eigenvalue weighted by Crippen LogP contribution is 2.32. The second kappa shape index (κ2) is 9.06. The number of carbonyl (C=O) groups excluding carboxylic acids is 1. The van der Waals surface area contributed by atoms with Crippen LogP contribution in [-0.2, 0) is 4.79 Å². The van der Waals surface area contributed by atoms with E-state index in [4.69, 9.17) is 9.47 Å². The molecule has 0 spiro atoms. The number of carbonyl (C=O) groups is 1. The molecule has 2 aromatic rings. The molecule has 0 bridgehead atoms. The van der Waals surface area contributed by atoms with Gasteiger partial charge in [-0.2, -0.15) is 0 Å². The van der Waals surface area contributed by atoms with E-state index in [9.17, 15) is 9.90 Å². The summed E-state index contributed by atoms with van der Waals surface area (Å²) in [6.45, 7) is 0.931. The Kier molecular flexibility index (Phi) is 6.28. The van der Waals surface area contributed by atoms with Crippen molar-refractivity contribution in [2.45, 2.75) is 18.8 Å². The van der Waals surface area contributed by atoms with Crippen LogP contribution in [0.2, 0.25) is 0 Å². The minimum absolute atomic E-state index is 0.136. The molecule has 1 heterocycles. The van der Waals surface area contributed by atoms with Crippen LogP contribution in [0.3, 0.4) is 0 Å². The van der Waals surface area contributed by atoms with Gasteiger partial charge in [-0.3, -0.25) is 4.79 Å². The van der Waals surface area contributed by atoms with E-state index >= 15 is 0 Å². The van der Waals surface area contributed by atoms with Crippen molar-refractivity contribution in [3.05, 3.63) is 65.7 Å². The third kappa shape index (κ3) is 4.86. The molecule has 0 aliphatic carbocycles. The fourth-order valence-corrected chi connectivity index (χ4v) is 2.98. The average Bonchev–Trinajstić information content (AvgIpc) is 3.14. The maximum absolute atomic E-state index is 12.0. The van der Waals surface area contributed by atoms with Gasteiger partial charge in [0, 0.05) is 19.2 Å². The van der Waals surface area contributed by atoms with E-state index in [0.717, 1.165) is 17.7 Å². The second-order valence-corrected chi connectivity index (χ2v) is 6.15. The van der Waals surface area contributed by atoms with Crippen molar-refractivity contribution in [1.29, 1.82) is 0 Å². The zero-order valence-electron chi connectivity index (χ0n) is 14.6. The van der Waals surface area contributed by atoms with Crippen molar-refractivity contribution in [3.63, 3.8) is 0 Å². The number of benzene rings is 2. The highest BCUT2D eigenvalue weighted by molar-refractivity contribution is 5.91. The highest BCUT2D eigenvalue weighted by Gasteiger charge is 2.13. The molecule has 2 N–H and O–H groups in total. The summed E-state index contributed by atoms with van der Waals surface area (Å²) in [5.74, 6) is 1.52. The Morgan fingerprint density at radius 3 is 2.73 bits per heavy atom. The maximum Gasteiger partial charge on any atom is 0.243 e. The SMILES string of the molecule is O=C(/C=C/c1ccc2c(c1)OCO2)NCCC(CCO)c1ccccc1. The molecule has 1 amide bonds. The van der Waals surface area contributed by atoms with Crippen LogP contribution >= 0.6 is 0 Å². The first-order chi connectivity index (χ1) is 12.8. The van der Waals surface area contributed by atoms with Gasteiger partial charge in [-0.1, -0.05) is 36.4 Å². The number of ether oxygens (including phenoxy) is 2. The summed E-state index contributed by atoms with van der Waals surface area (Å²) in [7, 11) is 0. The third-order valence-electron chi connectivity index (χ3n) is 4.36. The van der Waals surface area contributed by atoms with E-state index in [1.807, 2.05) is 36.4 Å². The maximum atomic E-state index is 12.0. The van der Waals surface area contributed by atoms with Crippen LogP contribution in [0.4, 0.5) is 0 Å². The highest BCUT2D eigenvalue weighted by atomic mass is 16.7. The Morgan fingerprint density at radius 1 is 1.12 bits per heavy atom. The molecule has 3 rings (SSSR count). The largest absolute Gasteiger partial charge is 0.454 e. The van der Waals surface area contributed by atoms with Crippen LogP contribution in [0, 0.1) is 0 Å². The molecule has 1 atom stereocenters. The molecule has 5 heteroatoms. The van der Waals surface area contributed by atoms with Crippen molar-refractivity contribution in [3.8, 4) is 11.5 Å². The van der Waals surface area contributed by atoms with E-state index in [1.165, 1.54) is 11.6 Å². The predicted octanol–water partition coefficient (Wildman–Crippen LogP) is 3.10. The van der Waals surface area contributed by atoms with E-state index in [1.54, 1.807) is 6.08 Å². The molecular weight excluding hydrogens is 330 g/mol. The number of fused-ring (bicyclic) bond motifs is 1. The lowest BCUT2D eigenvalue weighted by atomic mass is 9.93. The van der Waals surface area contributed by atoms with Crippen LogP contribution in [0.5, 0.6) is 11.5 Å². The molecule has 5 nitrogen and oxygen atoms in total. The fourth-order valence-electron chi connectivity index (χ4n) is 2.98. The minimum Gasteiger partial charge on any atom is -0.454 e. The first-order valence-corrected chi connectivity index (χ1v) is 8.77. The monoisotopic (exact) mass is 353 g/mol. The van der Waals surface area contributed by atoms with Gasteiger partial charge >= 0.3 is 0 Å². The van der Waals surface area contributed by atoms with E-state index in [2.05, 4.69) is 17.4 Å². The summed E-state index contributed by atoms with van der Waals surface area (Å²) in [5.41, 5.74) is 2.07. The lowest BCUT2D eigenvalue weighted by Crippen LogP contribution is -2.23. The Balaban J connectivity index is 1.48. The van der Waals surface area contributed by atoms with Gasteiger partial charge < -0.3 is 19.9 Å². The van der Waals surface area contributed by atoms with E-state index in [-0.39, 0.29) is 25.2 Å². The lowest BCUT2D eigenvalue weighted by Gasteiger charge is -2.16. The summed E-state index contributed by atoms with van der Waals surface area (Å²) in [6.07, 6.45) is 4.74. The molecule has 1 aliphatic heterocycles. The molecule has 0 saturated carbocycles. The number of aliphatic hydroxyl groups excluding tert-OH is 1. The molecule has 0 fully saturated rings. The zero-order chi connectivity index (χ0) is 18.2. The fraction of sp³-hybridized carbons (Fsp3) is 0.286. The topological polar surface area (TPSA) is 67.8 Å². The van der Waals surface area contributed by atoms with Gasteiger partial charge in [-0.25, -0.2) is 0 Å². The lowest BCUT2D eigenvalue weighted by molar-refractivity contribution is -0.116. The van der Waals surface area contributed by atoms with Crippen LogP contribution in [0.1, 0.15) is 29.9 Å². The third-order valence-corrected chi connectivity index (χ3v) is 4.36. The van der Waals surface area contributed by atoms with Crippen LogP contribution in [0.15, 0.2) is 54.6 Å². The molecule has 26 heavy (non-hydrogen) atoms. The number of aliphatic hydroxyl groups is 1. The van der Waals surface area contributed by atoms with Crippen molar-refractivity contribution in [2.75, 3.05) is 19.9 Å². The molecule has 1 aliphatic rings. The normalized spacial score (nSPS) is 13.7. The summed E-state index contributed by atoms with van der Waals surface area (Å²) < 4.78 is 10.6. The van der Waals surface area contributed by atoms with Gasteiger partial charge in [0.05, 0.1) is 0 Å². The van der Waals surface area contributed by atoms with Crippen molar-refractivity contribution >= 4 is 12.0 Å². The van der Waals surface area contributed by atoms with E-state index in [0.29, 0.717) is 18.7 Å². The zero-order valence-corrected chi connectivity index (χ0v) is 14.6. The minimum atomic E-state index is -0.140. The molecule has 0 saturated heterocycles. The van der Waals surface area contributed by atoms with Crippen LogP contribution in [-0.4, -0.2) is 31.0 Å². The molecule has 1 unspecified atom stereocenters. The summed E-state index contributed by atoms with van der Waals surface area (Å²) >= 11 is 0. The smallest absolute Gasteiger partial charge is 0.243 e. The Labute approximate surface area is 153 Å². The van der Waals surface area contributed by atoms with Gasteiger partial charge in [0.25, 0.3) is 0 Å². The average molecular weight is 353 g/mol. The molecule has 2 aromatic carbocycles. The van der Waals surface area contributed by atoms with Crippen molar-refractivity contribution in [1.82, 2.24) is 5.32 Å². The van der Waals surface area contributed by atoms with Gasteiger partial charge in [-0.05, 0) is 48.1 Å². The predicted molar refractivity (Wildman–Crippen MR) is 100 cm³/mol. The number of hydrogen-bond donors (Lipinski definition) is 2. The summed E-state index contributed by atoms with van der Waals surface area (Å²) in [4.78, 5) is 12.0. The summed E-state index contributed by atoms with van der Waals surface area (Å²) in [5, 5.41) is 12.2. The van der Waals surface area contributed by atoms with Crippen molar-refractivity contribution in [2.24, 2.45) is 0 Å². The Bertz CT molecular complexity index is 758. The number of hydrogen-bond acceptors (Lipinski definition) is 4. The Morgan fingerprint density at radius 2 is 1.92 bits per heavy atom. The van der Waals surface area contributed by atoms with Gasteiger partial charge in [0.1, 0.15) is 0 Å². The van der Waals surface area contributed by atoms with Crippen LogP contribution < -0.4 is 14.8 Å². The molecule has 0 aromatic heterocycles. The molecule has 0 radical (unpaired) electrons. The standard InChI is InChI=1S/C21H23NO4/c23-13-11-18(17-4-2-1-3-5-17)10-12-22-21(24)9-7-16-6-8-19-20(14-16)26-15-25-19/h1-9,14,18,23H,10-13,15H2,(H,22,24)/b9-7+. The van der Waals surface area contributed by atoms with Gasteiger partial charge in [0.15, 0.2) is 11.5 Å². The second-order valence-electron chi connectivity index (χ2n) is 6.15. The number of nitrogens with one attached hydrogen (secondary N) is 1. The number of amides is 1. The van der Waals surface area contributed by atoms with Gasteiger partial charge in [-0.15, -0.1) is 0 Å².